The van der Waals surface area contributed by atoms with Gasteiger partial charge in [0, 0.05) is 24.8 Å². The summed E-state index contributed by atoms with van der Waals surface area (Å²) in [7, 11) is 0. The molecular formula is C20H28N2O2. The Hall–Kier alpha value is -1.39. The average molecular weight is 328 g/mol. The van der Waals surface area contributed by atoms with Crippen molar-refractivity contribution in [2.75, 3.05) is 25.0 Å². The second-order valence-electron chi connectivity index (χ2n) is 7.88. The second-order valence-corrected chi connectivity index (χ2v) is 7.88. The fourth-order valence-electron chi connectivity index (χ4n) is 4.77. The van der Waals surface area contributed by atoms with Crippen LogP contribution < -0.4 is 5.32 Å². The highest BCUT2D eigenvalue weighted by atomic mass is 16.3. The molecule has 4 rings (SSSR count). The monoisotopic (exact) mass is 328 g/mol. The maximum atomic E-state index is 12.4. The van der Waals surface area contributed by atoms with Gasteiger partial charge in [0.15, 0.2) is 0 Å². The summed E-state index contributed by atoms with van der Waals surface area (Å²) in [6, 6.07) is 8.30. The van der Waals surface area contributed by atoms with E-state index in [0.717, 1.165) is 38.2 Å². The third-order valence-electron chi connectivity index (χ3n) is 6.28. The van der Waals surface area contributed by atoms with E-state index in [1.54, 1.807) is 0 Å². The molecule has 24 heavy (non-hydrogen) atoms. The number of nitrogens with zero attached hydrogens (tertiary/aromatic N) is 1. The summed E-state index contributed by atoms with van der Waals surface area (Å²) < 4.78 is 0. The number of aliphatic hydroxyl groups excluding tert-OH is 1. The van der Waals surface area contributed by atoms with E-state index in [-0.39, 0.29) is 11.8 Å². The van der Waals surface area contributed by atoms with E-state index in [1.807, 2.05) is 12.1 Å². The molecule has 2 aliphatic carbocycles. The van der Waals surface area contributed by atoms with Crippen LogP contribution in [0.25, 0.3) is 0 Å². The lowest BCUT2D eigenvalue weighted by Gasteiger charge is -2.31. The number of rotatable bonds is 5. The van der Waals surface area contributed by atoms with E-state index < -0.39 is 0 Å². The number of hydrogen-bond acceptors (Lipinski definition) is 3. The number of nitrogens with one attached hydrogen (secondary N) is 1. The van der Waals surface area contributed by atoms with E-state index in [0.29, 0.717) is 24.4 Å². The van der Waals surface area contributed by atoms with Gasteiger partial charge in [-0.2, -0.15) is 0 Å². The predicted molar refractivity (Wildman–Crippen MR) is 94.5 cm³/mol. The van der Waals surface area contributed by atoms with Crippen molar-refractivity contribution in [2.45, 2.75) is 38.6 Å². The summed E-state index contributed by atoms with van der Waals surface area (Å²) >= 11 is 0. The zero-order valence-electron chi connectivity index (χ0n) is 14.3. The lowest BCUT2D eigenvalue weighted by atomic mass is 9.97. The van der Waals surface area contributed by atoms with E-state index >= 15 is 0 Å². The van der Waals surface area contributed by atoms with Gasteiger partial charge in [-0.1, -0.05) is 18.6 Å². The standard InChI is InChI=1S/C20H28N2O2/c23-13-14-7-9-22(10-8-14)12-15-3-1-4-16(11-15)21-20(24)19-17-5-2-6-18(17)19/h1,3-4,11,14,17-19,23H,2,5-10,12-13H2,(H,21,24). The molecule has 0 bridgehead atoms. The van der Waals surface area contributed by atoms with E-state index in [9.17, 15) is 9.90 Å². The SMILES string of the molecule is O=C(Nc1cccc(CN2CCC(CO)CC2)c1)C1C2CCCC21. The molecule has 1 amide bonds. The van der Waals surface area contributed by atoms with Crippen molar-refractivity contribution < 1.29 is 9.90 Å². The lowest BCUT2D eigenvalue weighted by Crippen LogP contribution is -2.34. The molecule has 2 N–H and O–H groups in total. The van der Waals surface area contributed by atoms with E-state index in [4.69, 9.17) is 0 Å². The van der Waals surface area contributed by atoms with Crippen molar-refractivity contribution in [3.05, 3.63) is 29.8 Å². The molecular weight excluding hydrogens is 300 g/mol. The number of anilines is 1. The first-order valence-electron chi connectivity index (χ1n) is 9.47. The first kappa shape index (κ1) is 16.1. The molecule has 2 atom stereocenters. The molecule has 1 aromatic carbocycles. The van der Waals surface area contributed by atoms with E-state index in [1.165, 1.54) is 24.8 Å². The first-order valence-corrected chi connectivity index (χ1v) is 9.47. The minimum atomic E-state index is 0.227. The van der Waals surface area contributed by atoms with Gasteiger partial charge in [-0.15, -0.1) is 0 Å². The molecule has 1 saturated heterocycles. The molecule has 1 heterocycles. The molecule has 4 nitrogen and oxygen atoms in total. The Labute approximate surface area is 144 Å². The summed E-state index contributed by atoms with van der Waals surface area (Å²) in [5, 5.41) is 12.4. The van der Waals surface area contributed by atoms with Gasteiger partial charge < -0.3 is 10.4 Å². The molecule has 3 fully saturated rings. The number of likely N-dealkylation sites (tertiary alicyclic amines) is 1. The summed E-state index contributed by atoms with van der Waals surface area (Å²) in [4.78, 5) is 14.9. The predicted octanol–water partition coefficient (Wildman–Crippen LogP) is 2.88. The highest BCUT2D eigenvalue weighted by Crippen LogP contribution is 2.57. The van der Waals surface area contributed by atoms with Crippen LogP contribution in [0.5, 0.6) is 0 Å². The lowest BCUT2D eigenvalue weighted by molar-refractivity contribution is -0.118. The summed E-state index contributed by atoms with van der Waals surface area (Å²) in [5.74, 6) is 2.32. The molecule has 0 radical (unpaired) electrons. The van der Waals surface area contributed by atoms with E-state index in [2.05, 4.69) is 22.3 Å². The fraction of sp³-hybridized carbons (Fsp3) is 0.650. The number of carbonyl (C=O) groups is 1. The van der Waals surface area contributed by atoms with Crippen molar-refractivity contribution >= 4 is 11.6 Å². The zero-order valence-corrected chi connectivity index (χ0v) is 14.3. The Bertz CT molecular complexity index is 585. The number of aliphatic hydroxyl groups is 1. The maximum Gasteiger partial charge on any atom is 0.228 e. The zero-order chi connectivity index (χ0) is 16.5. The van der Waals surface area contributed by atoms with Crippen molar-refractivity contribution in [3.63, 3.8) is 0 Å². The van der Waals surface area contributed by atoms with Gasteiger partial charge >= 0.3 is 0 Å². The second kappa shape index (κ2) is 6.85. The minimum absolute atomic E-state index is 0.227. The van der Waals surface area contributed by atoms with Crippen molar-refractivity contribution in [3.8, 4) is 0 Å². The number of amides is 1. The number of piperidine rings is 1. The molecule has 2 unspecified atom stereocenters. The first-order chi connectivity index (χ1) is 11.7. The van der Waals surface area contributed by atoms with Crippen molar-refractivity contribution in [1.82, 2.24) is 4.90 Å². The molecule has 1 aliphatic heterocycles. The molecule has 0 aromatic heterocycles. The Morgan fingerprint density at radius 2 is 1.92 bits per heavy atom. The van der Waals surface area contributed by atoms with Crippen LogP contribution in [0, 0.1) is 23.7 Å². The van der Waals surface area contributed by atoms with Gasteiger partial charge in [0.05, 0.1) is 0 Å². The van der Waals surface area contributed by atoms with Crippen LogP contribution in [0.15, 0.2) is 24.3 Å². The fourth-order valence-corrected chi connectivity index (χ4v) is 4.77. The highest BCUT2D eigenvalue weighted by molar-refractivity contribution is 5.95. The Morgan fingerprint density at radius 3 is 2.62 bits per heavy atom. The molecule has 2 saturated carbocycles. The van der Waals surface area contributed by atoms with Gasteiger partial charge in [0.25, 0.3) is 0 Å². The largest absolute Gasteiger partial charge is 0.396 e. The third kappa shape index (κ3) is 3.35. The van der Waals surface area contributed by atoms with Crippen LogP contribution >= 0.6 is 0 Å². The topological polar surface area (TPSA) is 52.6 Å². The van der Waals surface area contributed by atoms with Crippen LogP contribution in [0.2, 0.25) is 0 Å². The number of hydrogen-bond donors (Lipinski definition) is 2. The molecule has 4 heteroatoms. The van der Waals surface area contributed by atoms with Gasteiger partial charge in [-0.25, -0.2) is 0 Å². The van der Waals surface area contributed by atoms with Crippen LogP contribution in [0.4, 0.5) is 5.69 Å². The smallest absolute Gasteiger partial charge is 0.228 e. The highest BCUT2D eigenvalue weighted by Gasteiger charge is 2.56. The third-order valence-corrected chi connectivity index (χ3v) is 6.28. The Balaban J connectivity index is 1.31. The minimum Gasteiger partial charge on any atom is -0.396 e. The van der Waals surface area contributed by atoms with Crippen LogP contribution in [-0.2, 0) is 11.3 Å². The summed E-state index contributed by atoms with van der Waals surface area (Å²) in [6.45, 7) is 3.34. The van der Waals surface area contributed by atoms with Crippen LogP contribution in [-0.4, -0.2) is 35.6 Å². The van der Waals surface area contributed by atoms with Crippen molar-refractivity contribution in [2.24, 2.45) is 23.7 Å². The average Bonchev–Trinajstić information content (AvgIpc) is 3.09. The molecule has 3 aliphatic rings. The van der Waals surface area contributed by atoms with Gasteiger partial charge in [0.2, 0.25) is 5.91 Å². The number of fused-ring (bicyclic) bond motifs is 1. The molecule has 1 aromatic rings. The van der Waals surface area contributed by atoms with Crippen LogP contribution in [0.1, 0.15) is 37.7 Å². The van der Waals surface area contributed by atoms with Crippen molar-refractivity contribution in [1.29, 1.82) is 0 Å². The molecule has 0 spiro atoms. The Morgan fingerprint density at radius 1 is 1.17 bits per heavy atom. The number of benzene rings is 1. The number of carbonyl (C=O) groups excluding carboxylic acids is 1. The summed E-state index contributed by atoms with van der Waals surface area (Å²) in [6.07, 6.45) is 5.95. The Kier molecular flexibility index (Phi) is 4.59. The van der Waals surface area contributed by atoms with Gasteiger partial charge in [-0.05, 0) is 74.2 Å². The summed E-state index contributed by atoms with van der Waals surface area (Å²) in [5.41, 5.74) is 2.19. The van der Waals surface area contributed by atoms with Gasteiger partial charge in [-0.3, -0.25) is 9.69 Å². The maximum absolute atomic E-state index is 12.4. The molecule has 130 valence electrons. The van der Waals surface area contributed by atoms with Gasteiger partial charge in [0.1, 0.15) is 0 Å². The van der Waals surface area contributed by atoms with Crippen LogP contribution in [0.3, 0.4) is 0 Å². The normalized spacial score (nSPS) is 30.1. The quantitative estimate of drug-likeness (QED) is 0.874.